The van der Waals surface area contributed by atoms with Gasteiger partial charge < -0.3 is 5.73 Å². The average Bonchev–Trinajstić information content (AvgIpc) is 2.24. The van der Waals surface area contributed by atoms with E-state index in [1.807, 2.05) is 0 Å². The van der Waals surface area contributed by atoms with Gasteiger partial charge in [0.05, 0.1) is 0 Å². The molecule has 0 aliphatic carbocycles. The second kappa shape index (κ2) is 6.70. The van der Waals surface area contributed by atoms with Crippen molar-refractivity contribution in [2.75, 3.05) is 0 Å². The molecule has 1 aromatic carbocycles. The Kier molecular flexibility index (Phi) is 5.54. The van der Waals surface area contributed by atoms with E-state index in [0.29, 0.717) is 6.04 Å². The maximum Gasteiger partial charge on any atom is 0.00795 e. The summed E-state index contributed by atoms with van der Waals surface area (Å²) in [6, 6.07) is 6.81. The summed E-state index contributed by atoms with van der Waals surface area (Å²) in [6.07, 6.45) is 6.03. The molecule has 1 heteroatoms. The van der Waals surface area contributed by atoms with E-state index in [0.717, 1.165) is 12.8 Å². The Labute approximate surface area is 100 Å². The first-order valence-electron chi connectivity index (χ1n) is 6.45. The van der Waals surface area contributed by atoms with Crippen LogP contribution < -0.4 is 5.73 Å². The first-order chi connectivity index (χ1) is 7.65. The van der Waals surface area contributed by atoms with Gasteiger partial charge in [0.2, 0.25) is 0 Å². The third kappa shape index (κ3) is 3.97. The fourth-order valence-corrected chi connectivity index (χ4v) is 2.19. The van der Waals surface area contributed by atoms with E-state index >= 15 is 0 Å². The standard InChI is InChI=1S/C15H25N/c1-4-5-6-10-14(16)11-15-12(2)8-7-9-13(15)3/h7-9,14H,4-6,10-11,16H2,1-3H3. The van der Waals surface area contributed by atoms with E-state index in [9.17, 15) is 0 Å². The molecule has 0 amide bonds. The fraction of sp³-hybridized carbons (Fsp3) is 0.600. The van der Waals surface area contributed by atoms with Gasteiger partial charge in [0.25, 0.3) is 0 Å². The Balaban J connectivity index is 2.52. The molecule has 0 spiro atoms. The van der Waals surface area contributed by atoms with Gasteiger partial charge in [-0.1, -0.05) is 44.4 Å². The molecule has 1 aromatic rings. The van der Waals surface area contributed by atoms with Crippen LogP contribution in [0.3, 0.4) is 0 Å². The minimum atomic E-state index is 0.325. The lowest BCUT2D eigenvalue weighted by Gasteiger charge is -2.15. The van der Waals surface area contributed by atoms with E-state index < -0.39 is 0 Å². The van der Waals surface area contributed by atoms with Crippen LogP contribution in [-0.2, 0) is 6.42 Å². The average molecular weight is 219 g/mol. The zero-order valence-corrected chi connectivity index (χ0v) is 10.9. The molecule has 16 heavy (non-hydrogen) atoms. The largest absolute Gasteiger partial charge is 0.327 e. The first-order valence-corrected chi connectivity index (χ1v) is 6.45. The van der Waals surface area contributed by atoms with Gasteiger partial charge in [-0.05, 0) is 43.4 Å². The number of benzene rings is 1. The van der Waals surface area contributed by atoms with Crippen molar-refractivity contribution < 1.29 is 0 Å². The van der Waals surface area contributed by atoms with Crippen LogP contribution in [0.1, 0.15) is 49.3 Å². The minimum Gasteiger partial charge on any atom is -0.327 e. The van der Waals surface area contributed by atoms with Gasteiger partial charge >= 0.3 is 0 Å². The van der Waals surface area contributed by atoms with Crippen molar-refractivity contribution in [2.24, 2.45) is 5.73 Å². The summed E-state index contributed by atoms with van der Waals surface area (Å²) < 4.78 is 0. The molecule has 90 valence electrons. The van der Waals surface area contributed by atoms with Gasteiger partial charge in [0.1, 0.15) is 0 Å². The van der Waals surface area contributed by atoms with Crippen molar-refractivity contribution in [1.82, 2.24) is 0 Å². The lowest BCUT2D eigenvalue weighted by Crippen LogP contribution is -2.23. The van der Waals surface area contributed by atoms with E-state index in [1.54, 1.807) is 0 Å². The fourth-order valence-electron chi connectivity index (χ4n) is 2.19. The number of rotatable bonds is 6. The Morgan fingerprint density at radius 3 is 2.31 bits per heavy atom. The van der Waals surface area contributed by atoms with Crippen LogP contribution in [0, 0.1) is 13.8 Å². The maximum atomic E-state index is 6.18. The number of unbranched alkanes of at least 4 members (excludes halogenated alkanes) is 2. The molecule has 2 N–H and O–H groups in total. The lowest BCUT2D eigenvalue weighted by molar-refractivity contribution is 0.555. The number of hydrogen-bond acceptors (Lipinski definition) is 1. The molecular weight excluding hydrogens is 194 g/mol. The Morgan fingerprint density at radius 2 is 1.75 bits per heavy atom. The molecule has 0 saturated carbocycles. The van der Waals surface area contributed by atoms with Gasteiger partial charge in [-0.15, -0.1) is 0 Å². The van der Waals surface area contributed by atoms with Crippen molar-refractivity contribution in [3.05, 3.63) is 34.9 Å². The molecule has 1 rings (SSSR count). The molecule has 1 nitrogen and oxygen atoms in total. The summed E-state index contributed by atoms with van der Waals surface area (Å²) in [5.41, 5.74) is 10.4. The van der Waals surface area contributed by atoms with Crippen molar-refractivity contribution >= 4 is 0 Å². The highest BCUT2D eigenvalue weighted by Crippen LogP contribution is 2.16. The van der Waals surface area contributed by atoms with Crippen molar-refractivity contribution in [3.8, 4) is 0 Å². The smallest absolute Gasteiger partial charge is 0.00795 e. The summed E-state index contributed by atoms with van der Waals surface area (Å²) in [5.74, 6) is 0. The highest BCUT2D eigenvalue weighted by atomic mass is 14.6. The van der Waals surface area contributed by atoms with E-state index in [4.69, 9.17) is 5.73 Å². The SMILES string of the molecule is CCCCCC(N)Cc1c(C)cccc1C. The number of aryl methyl sites for hydroxylation is 2. The predicted octanol–water partition coefficient (Wildman–Crippen LogP) is 3.75. The predicted molar refractivity (Wildman–Crippen MR) is 71.7 cm³/mol. The third-order valence-electron chi connectivity index (χ3n) is 3.29. The highest BCUT2D eigenvalue weighted by Gasteiger charge is 2.08. The number of hydrogen-bond donors (Lipinski definition) is 1. The molecule has 0 saturated heterocycles. The Bertz CT molecular complexity index is 297. The van der Waals surface area contributed by atoms with E-state index in [1.165, 1.54) is 36.0 Å². The van der Waals surface area contributed by atoms with Crippen molar-refractivity contribution in [2.45, 2.75) is 58.9 Å². The van der Waals surface area contributed by atoms with Crippen LogP contribution in [0.5, 0.6) is 0 Å². The summed E-state index contributed by atoms with van der Waals surface area (Å²) in [7, 11) is 0. The second-order valence-corrected chi connectivity index (χ2v) is 4.83. The molecular formula is C15H25N. The summed E-state index contributed by atoms with van der Waals surface area (Å²) in [4.78, 5) is 0. The van der Waals surface area contributed by atoms with Crippen molar-refractivity contribution in [3.63, 3.8) is 0 Å². The van der Waals surface area contributed by atoms with Crippen LogP contribution in [0.15, 0.2) is 18.2 Å². The van der Waals surface area contributed by atoms with Gasteiger partial charge in [-0.25, -0.2) is 0 Å². The second-order valence-electron chi connectivity index (χ2n) is 4.83. The Hall–Kier alpha value is -0.820. The molecule has 0 aliphatic heterocycles. The summed E-state index contributed by atoms with van der Waals surface area (Å²) in [6.45, 7) is 6.60. The quantitative estimate of drug-likeness (QED) is 0.724. The van der Waals surface area contributed by atoms with Crippen LogP contribution in [0.25, 0.3) is 0 Å². The lowest BCUT2D eigenvalue weighted by atomic mass is 9.94. The monoisotopic (exact) mass is 219 g/mol. The molecule has 0 heterocycles. The van der Waals surface area contributed by atoms with Crippen LogP contribution >= 0.6 is 0 Å². The third-order valence-corrected chi connectivity index (χ3v) is 3.29. The topological polar surface area (TPSA) is 26.0 Å². The zero-order chi connectivity index (χ0) is 12.0. The Morgan fingerprint density at radius 1 is 1.12 bits per heavy atom. The molecule has 0 bridgehead atoms. The van der Waals surface area contributed by atoms with E-state index in [2.05, 4.69) is 39.0 Å². The molecule has 1 unspecified atom stereocenters. The molecule has 1 atom stereocenters. The molecule has 0 fully saturated rings. The van der Waals surface area contributed by atoms with Crippen LogP contribution in [0.4, 0.5) is 0 Å². The highest BCUT2D eigenvalue weighted by molar-refractivity contribution is 5.34. The zero-order valence-electron chi connectivity index (χ0n) is 10.9. The van der Waals surface area contributed by atoms with Gasteiger partial charge in [0, 0.05) is 6.04 Å². The maximum absolute atomic E-state index is 6.18. The van der Waals surface area contributed by atoms with Crippen molar-refractivity contribution in [1.29, 1.82) is 0 Å². The first kappa shape index (κ1) is 13.2. The van der Waals surface area contributed by atoms with Gasteiger partial charge in [-0.2, -0.15) is 0 Å². The summed E-state index contributed by atoms with van der Waals surface area (Å²) >= 11 is 0. The van der Waals surface area contributed by atoms with Crippen LogP contribution in [-0.4, -0.2) is 6.04 Å². The number of nitrogens with two attached hydrogens (primary N) is 1. The van der Waals surface area contributed by atoms with Crippen LogP contribution in [0.2, 0.25) is 0 Å². The molecule has 0 radical (unpaired) electrons. The normalized spacial score (nSPS) is 12.8. The molecule has 0 aliphatic rings. The van der Waals surface area contributed by atoms with Gasteiger partial charge in [0.15, 0.2) is 0 Å². The minimum absolute atomic E-state index is 0.325. The molecule has 0 aromatic heterocycles. The summed E-state index contributed by atoms with van der Waals surface area (Å²) in [5, 5.41) is 0. The van der Waals surface area contributed by atoms with E-state index in [-0.39, 0.29) is 0 Å². The van der Waals surface area contributed by atoms with Gasteiger partial charge in [-0.3, -0.25) is 0 Å².